The van der Waals surface area contributed by atoms with Crippen LogP contribution in [0.25, 0.3) is 0 Å². The Morgan fingerprint density at radius 2 is 2.29 bits per heavy atom. The normalized spacial score (nSPS) is 11.7. The number of hydrogen-bond acceptors (Lipinski definition) is 2. The molecule has 3 nitrogen and oxygen atoms in total. The van der Waals surface area contributed by atoms with Crippen LogP contribution in [0, 0.1) is 0 Å². The Morgan fingerprint density at radius 3 is 2.71 bits per heavy atom. The van der Waals surface area contributed by atoms with Gasteiger partial charge in [0, 0.05) is 19.2 Å². The lowest BCUT2D eigenvalue weighted by atomic mass is 10.1. The van der Waals surface area contributed by atoms with Crippen molar-refractivity contribution in [1.82, 2.24) is 9.78 Å². The van der Waals surface area contributed by atoms with E-state index in [-0.39, 0.29) is 5.78 Å². The second-order valence-corrected chi connectivity index (χ2v) is 4.02. The van der Waals surface area contributed by atoms with Crippen LogP contribution in [0.4, 0.5) is 4.39 Å². The van der Waals surface area contributed by atoms with Crippen LogP contribution in [0.5, 0.6) is 0 Å². The average molecular weight is 198 g/mol. The molecule has 0 radical (unpaired) electrons. The van der Waals surface area contributed by atoms with Gasteiger partial charge in [0.1, 0.15) is 5.67 Å². The number of aromatic nitrogens is 2. The van der Waals surface area contributed by atoms with E-state index in [0.717, 1.165) is 0 Å². The van der Waals surface area contributed by atoms with E-state index in [1.54, 1.807) is 10.9 Å². The molecule has 0 fully saturated rings. The maximum atomic E-state index is 13.1. The van der Waals surface area contributed by atoms with Crippen LogP contribution in [-0.2, 0) is 6.54 Å². The molecule has 1 aromatic heterocycles. The molecule has 0 aliphatic rings. The summed E-state index contributed by atoms with van der Waals surface area (Å²) in [7, 11) is 0. The van der Waals surface area contributed by atoms with Gasteiger partial charge in [0.05, 0.1) is 11.8 Å². The van der Waals surface area contributed by atoms with Crippen molar-refractivity contribution in [2.45, 2.75) is 39.4 Å². The summed E-state index contributed by atoms with van der Waals surface area (Å²) in [5.41, 5.74) is -0.621. The number of alkyl halides is 1. The lowest BCUT2D eigenvalue weighted by Crippen LogP contribution is -2.15. The fourth-order valence-corrected chi connectivity index (χ4v) is 1.05. The molecule has 14 heavy (non-hydrogen) atoms. The third-order valence-electron chi connectivity index (χ3n) is 1.98. The van der Waals surface area contributed by atoms with Gasteiger partial charge >= 0.3 is 0 Å². The summed E-state index contributed by atoms with van der Waals surface area (Å²) in [5.74, 6) is -0.0178. The number of ketones is 1. The van der Waals surface area contributed by atoms with Gasteiger partial charge in [-0.3, -0.25) is 9.48 Å². The second kappa shape index (κ2) is 3.90. The Morgan fingerprint density at radius 1 is 1.64 bits per heavy atom. The Balaban J connectivity index is 2.56. The maximum Gasteiger partial charge on any atom is 0.162 e. The molecule has 4 heteroatoms. The monoisotopic (exact) mass is 198 g/mol. The smallest absolute Gasteiger partial charge is 0.162 e. The molecule has 0 N–H and O–H groups in total. The van der Waals surface area contributed by atoms with E-state index in [0.29, 0.717) is 18.5 Å². The zero-order valence-corrected chi connectivity index (χ0v) is 8.75. The van der Waals surface area contributed by atoms with Crippen LogP contribution in [0.15, 0.2) is 12.4 Å². The summed E-state index contributed by atoms with van der Waals surface area (Å²) in [6.45, 7) is 5.04. The first-order valence-electron chi connectivity index (χ1n) is 4.61. The van der Waals surface area contributed by atoms with Crippen LogP contribution in [0.1, 0.15) is 37.6 Å². The highest BCUT2D eigenvalue weighted by molar-refractivity contribution is 5.93. The molecular weight excluding hydrogens is 183 g/mol. The Hall–Kier alpha value is -1.19. The average Bonchev–Trinajstić information content (AvgIpc) is 2.47. The van der Waals surface area contributed by atoms with Gasteiger partial charge in [-0.25, -0.2) is 4.39 Å². The Bertz CT molecular complexity index is 325. The van der Waals surface area contributed by atoms with Crippen molar-refractivity contribution in [3.05, 3.63) is 18.0 Å². The first-order chi connectivity index (χ1) is 6.38. The fraction of sp³-hybridized carbons (Fsp3) is 0.600. The molecule has 0 aromatic carbocycles. The third-order valence-corrected chi connectivity index (χ3v) is 1.98. The van der Waals surface area contributed by atoms with Crippen molar-refractivity contribution in [3.63, 3.8) is 0 Å². The van der Waals surface area contributed by atoms with Gasteiger partial charge in [0.2, 0.25) is 0 Å². The van der Waals surface area contributed by atoms with Crippen molar-refractivity contribution in [2.75, 3.05) is 0 Å². The Labute approximate surface area is 82.9 Å². The number of carbonyl (C=O) groups excluding carboxylic acids is 1. The van der Waals surface area contributed by atoms with Gasteiger partial charge in [0.25, 0.3) is 0 Å². The lowest BCUT2D eigenvalue weighted by molar-refractivity contribution is 0.101. The highest BCUT2D eigenvalue weighted by atomic mass is 19.1. The predicted octanol–water partition coefficient (Wildman–Crippen LogP) is 2.22. The van der Waals surface area contributed by atoms with Crippen molar-refractivity contribution in [3.8, 4) is 0 Å². The van der Waals surface area contributed by atoms with Crippen LogP contribution < -0.4 is 0 Å². The highest BCUT2D eigenvalue weighted by Gasteiger charge is 2.15. The first-order valence-corrected chi connectivity index (χ1v) is 4.61. The number of Topliss-reactive ketones (excluding diaryl/α,β-unsaturated/α-hetero) is 1. The second-order valence-electron chi connectivity index (χ2n) is 4.02. The molecule has 0 saturated heterocycles. The van der Waals surface area contributed by atoms with E-state index in [1.807, 2.05) is 0 Å². The van der Waals surface area contributed by atoms with Gasteiger partial charge in [-0.2, -0.15) is 5.10 Å². The SMILES string of the molecule is CC(=O)c1cnn(CCC(C)(C)F)c1. The molecule has 0 amide bonds. The quantitative estimate of drug-likeness (QED) is 0.695. The van der Waals surface area contributed by atoms with Crippen molar-refractivity contribution < 1.29 is 9.18 Å². The fourth-order valence-electron chi connectivity index (χ4n) is 1.05. The number of hydrogen-bond donors (Lipinski definition) is 0. The van der Waals surface area contributed by atoms with E-state index < -0.39 is 5.67 Å². The minimum atomic E-state index is -1.19. The topological polar surface area (TPSA) is 34.9 Å². The summed E-state index contributed by atoms with van der Waals surface area (Å²) < 4.78 is 14.7. The van der Waals surface area contributed by atoms with Gasteiger partial charge in [0.15, 0.2) is 5.78 Å². The van der Waals surface area contributed by atoms with Crippen LogP contribution in [-0.4, -0.2) is 21.2 Å². The van der Waals surface area contributed by atoms with Crippen LogP contribution in [0.3, 0.4) is 0 Å². The standard InChI is InChI=1S/C10H15FN2O/c1-8(14)9-6-12-13(7-9)5-4-10(2,3)11/h6-7H,4-5H2,1-3H3. The molecular formula is C10H15FN2O. The van der Waals surface area contributed by atoms with E-state index in [4.69, 9.17) is 0 Å². The molecule has 0 aliphatic heterocycles. The van der Waals surface area contributed by atoms with Crippen LogP contribution >= 0.6 is 0 Å². The molecule has 1 rings (SSSR count). The number of aryl methyl sites for hydroxylation is 1. The minimum Gasteiger partial charge on any atom is -0.294 e. The number of nitrogens with zero attached hydrogens (tertiary/aromatic N) is 2. The minimum absolute atomic E-state index is 0.0178. The highest BCUT2D eigenvalue weighted by Crippen LogP contribution is 2.14. The van der Waals surface area contributed by atoms with Crippen molar-refractivity contribution >= 4 is 5.78 Å². The molecule has 78 valence electrons. The maximum absolute atomic E-state index is 13.1. The van der Waals surface area contributed by atoms with Gasteiger partial charge in [-0.15, -0.1) is 0 Å². The summed E-state index contributed by atoms with van der Waals surface area (Å²) in [6, 6.07) is 0. The van der Waals surface area contributed by atoms with Crippen molar-refractivity contribution in [1.29, 1.82) is 0 Å². The summed E-state index contributed by atoms with van der Waals surface area (Å²) >= 11 is 0. The van der Waals surface area contributed by atoms with E-state index in [9.17, 15) is 9.18 Å². The zero-order chi connectivity index (χ0) is 10.8. The van der Waals surface area contributed by atoms with Crippen molar-refractivity contribution in [2.24, 2.45) is 0 Å². The summed E-state index contributed by atoms with van der Waals surface area (Å²) in [5, 5.41) is 3.97. The first kappa shape index (κ1) is 10.9. The molecule has 0 bridgehead atoms. The Kier molecular flexibility index (Phi) is 3.03. The largest absolute Gasteiger partial charge is 0.294 e. The molecule has 0 saturated carbocycles. The third kappa shape index (κ3) is 3.28. The summed E-state index contributed by atoms with van der Waals surface area (Å²) in [6.07, 6.45) is 3.55. The van der Waals surface area contributed by atoms with E-state index in [1.165, 1.54) is 27.0 Å². The van der Waals surface area contributed by atoms with Crippen LogP contribution in [0.2, 0.25) is 0 Å². The molecule has 0 aliphatic carbocycles. The van der Waals surface area contributed by atoms with Gasteiger partial charge in [-0.1, -0.05) is 0 Å². The van der Waals surface area contributed by atoms with E-state index in [2.05, 4.69) is 5.10 Å². The zero-order valence-electron chi connectivity index (χ0n) is 8.75. The number of rotatable bonds is 4. The molecule has 0 atom stereocenters. The number of carbonyl (C=O) groups is 1. The number of halogens is 1. The molecule has 1 heterocycles. The van der Waals surface area contributed by atoms with Gasteiger partial charge < -0.3 is 0 Å². The van der Waals surface area contributed by atoms with E-state index >= 15 is 0 Å². The summed E-state index contributed by atoms with van der Waals surface area (Å²) in [4.78, 5) is 10.9. The lowest BCUT2D eigenvalue weighted by Gasteiger charge is -2.12. The molecule has 0 spiro atoms. The molecule has 0 unspecified atom stereocenters. The van der Waals surface area contributed by atoms with Gasteiger partial charge in [-0.05, 0) is 20.8 Å². The predicted molar refractivity (Wildman–Crippen MR) is 52.0 cm³/mol. The molecule has 1 aromatic rings.